The van der Waals surface area contributed by atoms with Crippen molar-refractivity contribution in [3.8, 4) is 5.75 Å². The van der Waals surface area contributed by atoms with E-state index in [1.165, 1.54) is 7.11 Å². The summed E-state index contributed by atoms with van der Waals surface area (Å²) in [7, 11) is 1.35. The summed E-state index contributed by atoms with van der Waals surface area (Å²) in [6.07, 6.45) is 0.0202. The summed E-state index contributed by atoms with van der Waals surface area (Å²) in [6.45, 7) is 7.92. The van der Waals surface area contributed by atoms with Gasteiger partial charge in [0.05, 0.1) is 18.7 Å². The highest BCUT2D eigenvalue weighted by molar-refractivity contribution is 5.95. The first kappa shape index (κ1) is 14.3. The maximum absolute atomic E-state index is 11.7. The van der Waals surface area contributed by atoms with Gasteiger partial charge in [-0.2, -0.15) is 0 Å². The molecule has 0 spiro atoms. The molecule has 0 fully saturated rings. The number of nitrogens with zero attached hydrogens (tertiary/aromatic N) is 1. The summed E-state index contributed by atoms with van der Waals surface area (Å²) < 4.78 is 10.6. The Bertz CT molecular complexity index is 662. The van der Waals surface area contributed by atoms with Gasteiger partial charge >= 0.3 is 5.97 Å². The van der Waals surface area contributed by atoms with Gasteiger partial charge in [-0.25, -0.2) is 9.78 Å². The molecule has 106 valence electrons. The number of esters is 1. The van der Waals surface area contributed by atoms with E-state index >= 15 is 0 Å². The molecule has 0 aliphatic carbocycles. The summed E-state index contributed by atoms with van der Waals surface area (Å²) in [6, 6.07) is 5.67. The molecule has 2 aromatic rings. The molecule has 2 rings (SSSR count). The molecule has 0 unspecified atom stereocenters. The molecule has 0 aliphatic heterocycles. The van der Waals surface area contributed by atoms with Crippen molar-refractivity contribution < 1.29 is 14.3 Å². The van der Waals surface area contributed by atoms with Crippen LogP contribution >= 0.6 is 0 Å². The average Bonchev–Trinajstić information content (AvgIpc) is 2.35. The number of carbonyl (C=O) groups is 1. The minimum Gasteiger partial charge on any atom is -0.490 e. The molecule has 4 heteroatoms. The monoisotopic (exact) mass is 273 g/mol. The number of rotatable bonds is 3. The molecule has 0 atom stereocenters. The molecule has 0 aliphatic rings. The Hall–Kier alpha value is -2.10. The Morgan fingerprint density at radius 1 is 1.20 bits per heavy atom. The third kappa shape index (κ3) is 2.74. The summed E-state index contributed by atoms with van der Waals surface area (Å²) in [4.78, 5) is 16.1. The Balaban J connectivity index is 2.74. The van der Waals surface area contributed by atoms with Crippen molar-refractivity contribution in [3.05, 3.63) is 35.0 Å². The first-order valence-corrected chi connectivity index (χ1v) is 6.59. The van der Waals surface area contributed by atoms with Crippen LogP contribution in [-0.2, 0) is 4.74 Å². The number of pyridine rings is 1. The molecule has 1 aromatic heterocycles. The van der Waals surface area contributed by atoms with Gasteiger partial charge < -0.3 is 9.47 Å². The van der Waals surface area contributed by atoms with Gasteiger partial charge in [-0.1, -0.05) is 6.07 Å². The fourth-order valence-electron chi connectivity index (χ4n) is 2.27. The number of aryl methyl sites for hydroxylation is 2. The van der Waals surface area contributed by atoms with Crippen LogP contribution in [0.25, 0.3) is 10.9 Å². The van der Waals surface area contributed by atoms with Crippen molar-refractivity contribution in [2.45, 2.75) is 33.8 Å². The Morgan fingerprint density at radius 2 is 1.90 bits per heavy atom. The second kappa shape index (κ2) is 5.49. The topological polar surface area (TPSA) is 48.4 Å². The molecular weight excluding hydrogens is 254 g/mol. The summed E-state index contributed by atoms with van der Waals surface area (Å²) >= 11 is 0. The van der Waals surface area contributed by atoms with E-state index in [1.54, 1.807) is 6.07 Å². The SMILES string of the molecule is COC(=O)c1cc(OC(C)C)c2c(C)cc(C)cc2n1. The minimum absolute atomic E-state index is 0.0202. The minimum atomic E-state index is -0.459. The van der Waals surface area contributed by atoms with Crippen molar-refractivity contribution in [2.24, 2.45) is 0 Å². The third-order valence-corrected chi connectivity index (χ3v) is 2.97. The predicted octanol–water partition coefficient (Wildman–Crippen LogP) is 3.43. The van der Waals surface area contributed by atoms with E-state index in [9.17, 15) is 4.79 Å². The molecule has 4 nitrogen and oxygen atoms in total. The van der Waals surface area contributed by atoms with Crippen LogP contribution in [0.4, 0.5) is 0 Å². The number of fused-ring (bicyclic) bond motifs is 1. The van der Waals surface area contributed by atoms with Crippen LogP contribution in [0.1, 0.15) is 35.5 Å². The number of benzene rings is 1. The lowest BCUT2D eigenvalue weighted by molar-refractivity contribution is 0.0593. The predicted molar refractivity (Wildman–Crippen MR) is 78.3 cm³/mol. The lowest BCUT2D eigenvalue weighted by Crippen LogP contribution is -2.10. The van der Waals surface area contributed by atoms with Crippen LogP contribution in [-0.4, -0.2) is 24.2 Å². The largest absolute Gasteiger partial charge is 0.490 e. The molecule has 1 aromatic carbocycles. The van der Waals surface area contributed by atoms with Crippen molar-refractivity contribution in [1.29, 1.82) is 0 Å². The smallest absolute Gasteiger partial charge is 0.356 e. The second-order valence-corrected chi connectivity index (χ2v) is 5.14. The number of hydrogen-bond acceptors (Lipinski definition) is 4. The summed E-state index contributed by atoms with van der Waals surface area (Å²) in [5.41, 5.74) is 3.20. The lowest BCUT2D eigenvalue weighted by Gasteiger charge is -2.15. The molecule has 20 heavy (non-hydrogen) atoms. The lowest BCUT2D eigenvalue weighted by atomic mass is 10.0. The van der Waals surface area contributed by atoms with E-state index in [1.807, 2.05) is 33.8 Å². The van der Waals surface area contributed by atoms with Gasteiger partial charge in [0.15, 0.2) is 5.69 Å². The van der Waals surface area contributed by atoms with Gasteiger partial charge in [-0.05, 0) is 44.9 Å². The van der Waals surface area contributed by atoms with Crippen LogP contribution in [0.5, 0.6) is 5.75 Å². The van der Waals surface area contributed by atoms with E-state index in [2.05, 4.69) is 11.1 Å². The van der Waals surface area contributed by atoms with Crippen LogP contribution in [0.3, 0.4) is 0 Å². The van der Waals surface area contributed by atoms with Crippen molar-refractivity contribution in [1.82, 2.24) is 4.98 Å². The van der Waals surface area contributed by atoms with Gasteiger partial charge in [0.1, 0.15) is 5.75 Å². The van der Waals surface area contributed by atoms with Crippen LogP contribution in [0.2, 0.25) is 0 Å². The highest BCUT2D eigenvalue weighted by atomic mass is 16.5. The maximum atomic E-state index is 11.7. The van der Waals surface area contributed by atoms with E-state index < -0.39 is 5.97 Å². The first-order chi connectivity index (χ1) is 9.42. The van der Waals surface area contributed by atoms with Gasteiger partial charge in [0.25, 0.3) is 0 Å². The molecule has 0 saturated heterocycles. The third-order valence-electron chi connectivity index (χ3n) is 2.97. The van der Waals surface area contributed by atoms with E-state index in [0.717, 1.165) is 22.0 Å². The number of hydrogen-bond donors (Lipinski definition) is 0. The molecule has 0 saturated carbocycles. The molecular formula is C16H19NO3. The van der Waals surface area contributed by atoms with Gasteiger partial charge in [0, 0.05) is 11.5 Å². The van der Waals surface area contributed by atoms with Crippen molar-refractivity contribution in [3.63, 3.8) is 0 Å². The quantitative estimate of drug-likeness (QED) is 0.804. The van der Waals surface area contributed by atoms with Crippen LogP contribution < -0.4 is 4.74 Å². The Kier molecular flexibility index (Phi) is 3.93. The number of ether oxygens (including phenoxy) is 2. The zero-order valence-electron chi connectivity index (χ0n) is 12.5. The molecule has 0 bridgehead atoms. The molecule has 0 amide bonds. The molecule has 0 N–H and O–H groups in total. The van der Waals surface area contributed by atoms with E-state index in [0.29, 0.717) is 5.75 Å². The van der Waals surface area contributed by atoms with Crippen LogP contribution in [0.15, 0.2) is 18.2 Å². The van der Waals surface area contributed by atoms with E-state index in [-0.39, 0.29) is 11.8 Å². The standard InChI is InChI=1S/C16H19NO3/c1-9(2)20-14-8-13(16(18)19-5)17-12-7-10(3)6-11(4)15(12)14/h6-9H,1-5H3. The van der Waals surface area contributed by atoms with Crippen molar-refractivity contribution in [2.75, 3.05) is 7.11 Å². The summed E-state index contributed by atoms with van der Waals surface area (Å²) in [5, 5.41) is 0.942. The zero-order chi connectivity index (χ0) is 14.9. The van der Waals surface area contributed by atoms with Gasteiger partial charge in [0.2, 0.25) is 0 Å². The second-order valence-electron chi connectivity index (χ2n) is 5.14. The van der Waals surface area contributed by atoms with Gasteiger partial charge in [-0.3, -0.25) is 0 Å². The fraction of sp³-hybridized carbons (Fsp3) is 0.375. The normalized spacial score (nSPS) is 10.9. The number of aromatic nitrogens is 1. The molecule has 0 radical (unpaired) electrons. The summed E-state index contributed by atoms with van der Waals surface area (Å²) in [5.74, 6) is 0.211. The Morgan fingerprint density at radius 3 is 2.50 bits per heavy atom. The Labute approximate surface area is 118 Å². The highest BCUT2D eigenvalue weighted by Gasteiger charge is 2.15. The number of methoxy groups -OCH3 is 1. The van der Waals surface area contributed by atoms with E-state index in [4.69, 9.17) is 9.47 Å². The highest BCUT2D eigenvalue weighted by Crippen LogP contribution is 2.30. The van der Waals surface area contributed by atoms with Gasteiger partial charge in [-0.15, -0.1) is 0 Å². The maximum Gasteiger partial charge on any atom is 0.356 e. The molecule has 1 heterocycles. The zero-order valence-corrected chi connectivity index (χ0v) is 12.5. The number of carbonyl (C=O) groups excluding carboxylic acids is 1. The first-order valence-electron chi connectivity index (χ1n) is 6.59. The average molecular weight is 273 g/mol. The fourth-order valence-corrected chi connectivity index (χ4v) is 2.27. The van der Waals surface area contributed by atoms with Crippen LogP contribution in [0, 0.1) is 13.8 Å². The van der Waals surface area contributed by atoms with Crippen molar-refractivity contribution >= 4 is 16.9 Å².